The number of ketones is 1. The van der Waals surface area contributed by atoms with Crippen molar-refractivity contribution in [2.45, 2.75) is 0 Å². The predicted octanol–water partition coefficient (Wildman–Crippen LogP) is 2.37. The second kappa shape index (κ2) is 5.70. The summed E-state index contributed by atoms with van der Waals surface area (Å²) in [6.45, 7) is 0. The highest BCUT2D eigenvalue weighted by Crippen LogP contribution is 2.21. The van der Waals surface area contributed by atoms with Gasteiger partial charge in [0.2, 0.25) is 6.41 Å². The number of nitrogens with zero attached hydrogens (tertiary/aromatic N) is 1. The first-order valence-electron chi connectivity index (χ1n) is 6.01. The highest BCUT2D eigenvalue weighted by atomic mass is 19.1. The maximum absolute atomic E-state index is 13.7. The van der Waals surface area contributed by atoms with Crippen LogP contribution in [0.3, 0.4) is 0 Å². The van der Waals surface area contributed by atoms with Crippen molar-refractivity contribution in [1.82, 2.24) is 0 Å². The standard InChI is InChI=1S/C15H12F2N2O2/c1-19(8-20)10-4-2-9(3-5-10)15(21)11-6-14(18)13(17)7-12(11)16/h2-8H,18H2,1H3. The number of carbonyl (C=O) groups excluding carboxylic acids is 2. The number of nitrogens with two attached hydrogens (primary N) is 1. The Labute approximate surface area is 119 Å². The van der Waals surface area contributed by atoms with Crippen LogP contribution in [-0.4, -0.2) is 19.2 Å². The molecule has 0 heterocycles. The fraction of sp³-hybridized carbons (Fsp3) is 0.0667. The number of halogens is 2. The van der Waals surface area contributed by atoms with Crippen LogP contribution < -0.4 is 10.6 Å². The molecule has 4 nitrogen and oxygen atoms in total. The first-order chi connectivity index (χ1) is 9.93. The highest BCUT2D eigenvalue weighted by molar-refractivity contribution is 6.09. The molecule has 2 rings (SSSR count). The van der Waals surface area contributed by atoms with Crippen molar-refractivity contribution in [3.05, 3.63) is 59.2 Å². The first-order valence-corrected chi connectivity index (χ1v) is 6.01. The van der Waals surface area contributed by atoms with Crippen molar-refractivity contribution in [3.63, 3.8) is 0 Å². The molecule has 0 aliphatic rings. The topological polar surface area (TPSA) is 63.4 Å². The number of anilines is 2. The van der Waals surface area contributed by atoms with Gasteiger partial charge in [0.15, 0.2) is 5.78 Å². The van der Waals surface area contributed by atoms with Crippen LogP contribution in [0.25, 0.3) is 0 Å². The van der Waals surface area contributed by atoms with Crippen LogP contribution in [0.5, 0.6) is 0 Å². The fourth-order valence-corrected chi connectivity index (χ4v) is 1.80. The van der Waals surface area contributed by atoms with Crippen LogP contribution in [-0.2, 0) is 4.79 Å². The Morgan fingerprint density at radius 1 is 1.14 bits per heavy atom. The minimum absolute atomic E-state index is 0.211. The molecule has 0 aromatic heterocycles. The smallest absolute Gasteiger partial charge is 0.213 e. The molecule has 0 spiro atoms. The van der Waals surface area contributed by atoms with E-state index >= 15 is 0 Å². The third kappa shape index (κ3) is 2.89. The molecule has 2 aromatic rings. The van der Waals surface area contributed by atoms with Gasteiger partial charge in [0.05, 0.1) is 11.3 Å². The molecular weight excluding hydrogens is 278 g/mol. The summed E-state index contributed by atoms with van der Waals surface area (Å²) >= 11 is 0. The van der Waals surface area contributed by atoms with Crippen molar-refractivity contribution < 1.29 is 18.4 Å². The first kappa shape index (κ1) is 14.6. The molecule has 0 saturated carbocycles. The number of benzene rings is 2. The maximum Gasteiger partial charge on any atom is 0.213 e. The van der Waals surface area contributed by atoms with Crippen LogP contribution in [0.4, 0.5) is 20.2 Å². The van der Waals surface area contributed by atoms with Gasteiger partial charge in [-0.15, -0.1) is 0 Å². The molecule has 0 bridgehead atoms. The van der Waals surface area contributed by atoms with Crippen LogP contribution in [0.1, 0.15) is 15.9 Å². The summed E-state index contributed by atoms with van der Waals surface area (Å²) in [5.74, 6) is -2.49. The van der Waals surface area contributed by atoms with Crippen LogP contribution >= 0.6 is 0 Å². The van der Waals surface area contributed by atoms with Gasteiger partial charge in [0.1, 0.15) is 11.6 Å². The van der Waals surface area contributed by atoms with E-state index in [0.29, 0.717) is 18.2 Å². The van der Waals surface area contributed by atoms with Gasteiger partial charge in [-0.1, -0.05) is 0 Å². The Morgan fingerprint density at radius 3 is 2.33 bits per heavy atom. The number of amides is 1. The number of nitrogen functional groups attached to an aromatic ring is 1. The van der Waals surface area contributed by atoms with E-state index in [2.05, 4.69) is 0 Å². The molecule has 6 heteroatoms. The van der Waals surface area contributed by atoms with E-state index in [-0.39, 0.29) is 16.8 Å². The van der Waals surface area contributed by atoms with Crippen LogP contribution in [0, 0.1) is 11.6 Å². The summed E-state index contributed by atoms with van der Waals surface area (Å²) in [6, 6.07) is 7.56. The highest BCUT2D eigenvalue weighted by Gasteiger charge is 2.17. The minimum atomic E-state index is -0.971. The average Bonchev–Trinajstić information content (AvgIpc) is 2.49. The van der Waals surface area contributed by atoms with Crippen molar-refractivity contribution in [2.75, 3.05) is 17.7 Å². The summed E-state index contributed by atoms with van der Waals surface area (Å²) in [5.41, 5.74) is 5.55. The number of carbonyl (C=O) groups is 2. The SMILES string of the molecule is CN(C=O)c1ccc(C(=O)c2cc(N)c(F)cc2F)cc1. The van der Waals surface area contributed by atoms with Gasteiger partial charge < -0.3 is 10.6 Å². The van der Waals surface area contributed by atoms with E-state index < -0.39 is 17.4 Å². The Bertz CT molecular complexity index is 700. The summed E-state index contributed by atoms with van der Waals surface area (Å²) in [7, 11) is 1.56. The summed E-state index contributed by atoms with van der Waals surface area (Å²) in [6.07, 6.45) is 0.622. The third-order valence-corrected chi connectivity index (χ3v) is 3.03. The molecule has 1 amide bonds. The largest absolute Gasteiger partial charge is 0.396 e. The quantitative estimate of drug-likeness (QED) is 0.534. The predicted molar refractivity (Wildman–Crippen MR) is 75.1 cm³/mol. The molecule has 0 saturated heterocycles. The Morgan fingerprint density at radius 2 is 1.76 bits per heavy atom. The molecule has 0 atom stereocenters. The van der Waals surface area contributed by atoms with Crippen molar-refractivity contribution >= 4 is 23.6 Å². The lowest BCUT2D eigenvalue weighted by Crippen LogP contribution is -2.14. The molecule has 108 valence electrons. The van der Waals surface area contributed by atoms with Crippen molar-refractivity contribution in [3.8, 4) is 0 Å². The van der Waals surface area contributed by atoms with Gasteiger partial charge in [0.25, 0.3) is 0 Å². The molecule has 0 fully saturated rings. The molecular formula is C15H12F2N2O2. The van der Waals surface area contributed by atoms with E-state index in [1.807, 2.05) is 0 Å². The Hall–Kier alpha value is -2.76. The van der Waals surface area contributed by atoms with E-state index in [4.69, 9.17) is 5.73 Å². The van der Waals surface area contributed by atoms with Crippen molar-refractivity contribution in [1.29, 1.82) is 0 Å². The fourth-order valence-electron chi connectivity index (χ4n) is 1.80. The van der Waals surface area contributed by atoms with E-state index in [9.17, 15) is 18.4 Å². The molecule has 0 aliphatic heterocycles. The second-order valence-corrected chi connectivity index (χ2v) is 4.45. The van der Waals surface area contributed by atoms with Gasteiger partial charge in [-0.2, -0.15) is 0 Å². The summed E-state index contributed by atoms with van der Waals surface area (Å²) < 4.78 is 26.7. The molecule has 0 radical (unpaired) electrons. The zero-order valence-corrected chi connectivity index (χ0v) is 11.1. The third-order valence-electron chi connectivity index (χ3n) is 3.03. The van der Waals surface area contributed by atoms with Crippen molar-refractivity contribution in [2.24, 2.45) is 0 Å². The molecule has 2 N–H and O–H groups in total. The minimum Gasteiger partial charge on any atom is -0.396 e. The van der Waals surface area contributed by atoms with Gasteiger partial charge >= 0.3 is 0 Å². The normalized spacial score (nSPS) is 10.2. The Kier molecular flexibility index (Phi) is 3.98. The monoisotopic (exact) mass is 290 g/mol. The lowest BCUT2D eigenvalue weighted by atomic mass is 10.0. The van der Waals surface area contributed by atoms with Gasteiger partial charge in [-0.25, -0.2) is 8.78 Å². The van der Waals surface area contributed by atoms with Gasteiger partial charge in [0, 0.05) is 24.4 Å². The average molecular weight is 290 g/mol. The van der Waals surface area contributed by atoms with E-state index in [0.717, 1.165) is 6.07 Å². The van der Waals surface area contributed by atoms with Gasteiger partial charge in [-0.05, 0) is 30.3 Å². The number of rotatable bonds is 4. The molecule has 21 heavy (non-hydrogen) atoms. The zero-order chi connectivity index (χ0) is 15.6. The summed E-state index contributed by atoms with van der Waals surface area (Å²) in [5, 5.41) is 0. The second-order valence-electron chi connectivity index (χ2n) is 4.45. The lowest BCUT2D eigenvalue weighted by molar-refractivity contribution is -0.107. The molecule has 0 unspecified atom stereocenters. The van der Waals surface area contributed by atoms with E-state index in [1.165, 1.54) is 17.0 Å². The summed E-state index contributed by atoms with van der Waals surface area (Å²) in [4.78, 5) is 24.1. The van der Waals surface area contributed by atoms with Crippen LogP contribution in [0.2, 0.25) is 0 Å². The number of hydrogen-bond donors (Lipinski definition) is 1. The number of hydrogen-bond acceptors (Lipinski definition) is 3. The lowest BCUT2D eigenvalue weighted by Gasteiger charge is -2.11. The zero-order valence-electron chi connectivity index (χ0n) is 11.1. The Balaban J connectivity index is 2.36. The van der Waals surface area contributed by atoms with E-state index in [1.54, 1.807) is 19.2 Å². The van der Waals surface area contributed by atoms with Gasteiger partial charge in [-0.3, -0.25) is 9.59 Å². The maximum atomic E-state index is 13.7. The van der Waals surface area contributed by atoms with Crippen LogP contribution in [0.15, 0.2) is 36.4 Å². The molecule has 2 aromatic carbocycles. The molecule has 0 aliphatic carbocycles.